The molecule has 0 aliphatic carbocycles. The zero-order valence-corrected chi connectivity index (χ0v) is 19.5. The number of hydrogen-bond acceptors (Lipinski definition) is 4. The van der Waals surface area contributed by atoms with Gasteiger partial charge < -0.3 is 20.2 Å². The monoisotopic (exact) mass is 435 g/mol. The third-order valence-corrected chi connectivity index (χ3v) is 6.59. The van der Waals surface area contributed by atoms with E-state index in [-0.39, 0.29) is 6.10 Å². The smallest absolute Gasteiger partial charge is 0.194 e. The van der Waals surface area contributed by atoms with E-state index in [2.05, 4.69) is 80.5 Å². The molecule has 2 N–H and O–H groups in total. The molecule has 2 aromatic carbocycles. The predicted octanol–water partition coefficient (Wildman–Crippen LogP) is 2.85. The predicted molar refractivity (Wildman–Crippen MR) is 132 cm³/mol. The first kappa shape index (κ1) is 22.6. The van der Waals surface area contributed by atoms with Crippen molar-refractivity contribution >= 4 is 11.6 Å². The van der Waals surface area contributed by atoms with E-state index < -0.39 is 0 Å². The Bertz CT molecular complexity index is 881. The SMILES string of the molecule is CN=C(NCc1ccc(CN2CCC(O)CC2)cc1)N1CCN(c2cccc(C)c2)CC1. The first-order valence-electron chi connectivity index (χ1n) is 11.9. The van der Waals surface area contributed by atoms with Gasteiger partial charge in [0.15, 0.2) is 5.96 Å². The molecular formula is C26H37N5O. The molecule has 6 nitrogen and oxygen atoms in total. The van der Waals surface area contributed by atoms with Crippen molar-refractivity contribution in [1.29, 1.82) is 0 Å². The summed E-state index contributed by atoms with van der Waals surface area (Å²) >= 11 is 0. The molecule has 0 radical (unpaired) electrons. The number of piperidine rings is 1. The van der Waals surface area contributed by atoms with Crippen molar-refractivity contribution in [2.45, 2.75) is 39.0 Å². The van der Waals surface area contributed by atoms with E-state index in [1.807, 2.05) is 7.05 Å². The molecule has 32 heavy (non-hydrogen) atoms. The first-order valence-corrected chi connectivity index (χ1v) is 11.9. The van der Waals surface area contributed by atoms with Crippen LogP contribution < -0.4 is 10.2 Å². The minimum absolute atomic E-state index is 0.111. The minimum atomic E-state index is -0.111. The van der Waals surface area contributed by atoms with E-state index in [9.17, 15) is 5.11 Å². The molecular weight excluding hydrogens is 398 g/mol. The van der Waals surface area contributed by atoms with Crippen LogP contribution in [-0.4, -0.2) is 73.3 Å². The molecule has 6 heteroatoms. The minimum Gasteiger partial charge on any atom is -0.393 e. The fourth-order valence-electron chi connectivity index (χ4n) is 4.61. The van der Waals surface area contributed by atoms with Gasteiger partial charge in [0, 0.05) is 65.1 Å². The zero-order chi connectivity index (χ0) is 22.3. The van der Waals surface area contributed by atoms with Gasteiger partial charge in [-0.05, 0) is 48.6 Å². The maximum atomic E-state index is 9.67. The Morgan fingerprint density at radius 3 is 2.31 bits per heavy atom. The van der Waals surface area contributed by atoms with Crippen molar-refractivity contribution in [2.75, 3.05) is 51.2 Å². The molecule has 2 aromatic rings. The first-order chi connectivity index (χ1) is 15.6. The molecule has 2 fully saturated rings. The number of anilines is 1. The normalized spacial score (nSPS) is 18.8. The summed E-state index contributed by atoms with van der Waals surface area (Å²) in [5.41, 5.74) is 5.22. The highest BCUT2D eigenvalue weighted by atomic mass is 16.3. The van der Waals surface area contributed by atoms with E-state index in [4.69, 9.17) is 0 Å². The van der Waals surface area contributed by atoms with Gasteiger partial charge in [-0.2, -0.15) is 0 Å². The van der Waals surface area contributed by atoms with Crippen LogP contribution in [0.25, 0.3) is 0 Å². The second kappa shape index (κ2) is 10.8. The number of piperazine rings is 1. The number of hydrogen-bond donors (Lipinski definition) is 2. The molecule has 0 bridgehead atoms. The number of benzene rings is 2. The Balaban J connectivity index is 1.24. The van der Waals surface area contributed by atoms with E-state index >= 15 is 0 Å². The number of aliphatic hydroxyl groups is 1. The molecule has 0 unspecified atom stereocenters. The van der Waals surface area contributed by atoms with Crippen LogP contribution in [0.5, 0.6) is 0 Å². The largest absolute Gasteiger partial charge is 0.393 e. The number of guanidine groups is 1. The number of rotatable bonds is 5. The molecule has 2 heterocycles. The van der Waals surface area contributed by atoms with Crippen LogP contribution in [0.4, 0.5) is 5.69 Å². The zero-order valence-electron chi connectivity index (χ0n) is 19.5. The van der Waals surface area contributed by atoms with Crippen LogP contribution in [-0.2, 0) is 13.1 Å². The van der Waals surface area contributed by atoms with Gasteiger partial charge in [0.2, 0.25) is 0 Å². The van der Waals surface area contributed by atoms with Crippen LogP contribution in [0.3, 0.4) is 0 Å². The Morgan fingerprint density at radius 2 is 1.66 bits per heavy atom. The molecule has 0 amide bonds. The van der Waals surface area contributed by atoms with Gasteiger partial charge in [-0.15, -0.1) is 0 Å². The standard InChI is InChI=1S/C26H37N5O/c1-21-4-3-5-24(18-21)30-14-16-31(17-15-30)26(27-2)28-19-22-6-8-23(9-7-22)20-29-12-10-25(32)11-13-29/h3-9,18,25,32H,10-17,19-20H2,1-2H3,(H,27,28). The third-order valence-electron chi connectivity index (χ3n) is 6.59. The van der Waals surface area contributed by atoms with Crippen molar-refractivity contribution < 1.29 is 5.11 Å². The van der Waals surface area contributed by atoms with Gasteiger partial charge in [0.25, 0.3) is 0 Å². The number of aliphatic imine (C=N–C) groups is 1. The molecule has 172 valence electrons. The summed E-state index contributed by atoms with van der Waals surface area (Å²) in [5.74, 6) is 0.977. The van der Waals surface area contributed by atoms with Gasteiger partial charge >= 0.3 is 0 Å². The number of nitrogens with one attached hydrogen (secondary N) is 1. The van der Waals surface area contributed by atoms with Crippen molar-refractivity contribution in [3.05, 3.63) is 65.2 Å². The van der Waals surface area contributed by atoms with Crippen LogP contribution in [0.2, 0.25) is 0 Å². The number of likely N-dealkylation sites (tertiary alicyclic amines) is 1. The quantitative estimate of drug-likeness (QED) is 0.559. The molecule has 2 saturated heterocycles. The maximum Gasteiger partial charge on any atom is 0.194 e. The molecule has 2 aliphatic rings. The summed E-state index contributed by atoms with van der Waals surface area (Å²) in [7, 11) is 1.87. The summed E-state index contributed by atoms with van der Waals surface area (Å²) < 4.78 is 0. The van der Waals surface area contributed by atoms with Crippen LogP contribution in [0.1, 0.15) is 29.5 Å². The van der Waals surface area contributed by atoms with Gasteiger partial charge in [-0.3, -0.25) is 9.89 Å². The van der Waals surface area contributed by atoms with E-state index in [0.717, 1.165) is 71.2 Å². The summed E-state index contributed by atoms with van der Waals surface area (Å²) in [6.07, 6.45) is 1.67. The fraction of sp³-hybridized carbons (Fsp3) is 0.500. The third kappa shape index (κ3) is 6.02. The second-order valence-corrected chi connectivity index (χ2v) is 9.04. The van der Waals surface area contributed by atoms with Gasteiger partial charge in [-0.25, -0.2) is 0 Å². The Morgan fingerprint density at radius 1 is 0.969 bits per heavy atom. The lowest BCUT2D eigenvalue weighted by Crippen LogP contribution is -2.52. The van der Waals surface area contributed by atoms with E-state index in [1.54, 1.807) is 0 Å². The molecule has 0 saturated carbocycles. The summed E-state index contributed by atoms with van der Waals surface area (Å²) in [6.45, 7) is 9.81. The lowest BCUT2D eigenvalue weighted by atomic mass is 10.1. The molecule has 4 rings (SSSR count). The second-order valence-electron chi connectivity index (χ2n) is 9.04. The lowest BCUT2D eigenvalue weighted by Gasteiger charge is -2.37. The summed E-state index contributed by atoms with van der Waals surface area (Å²) in [4.78, 5) is 11.8. The lowest BCUT2D eigenvalue weighted by molar-refractivity contribution is 0.0792. The molecule has 2 aliphatic heterocycles. The van der Waals surface area contributed by atoms with Crippen molar-refractivity contribution in [3.8, 4) is 0 Å². The highest BCUT2D eigenvalue weighted by molar-refractivity contribution is 5.80. The highest BCUT2D eigenvalue weighted by Gasteiger charge is 2.20. The summed E-state index contributed by atoms with van der Waals surface area (Å²) in [6, 6.07) is 17.6. The van der Waals surface area contributed by atoms with E-state index in [1.165, 1.54) is 22.4 Å². The Labute approximate surface area is 192 Å². The fourth-order valence-corrected chi connectivity index (χ4v) is 4.61. The van der Waals surface area contributed by atoms with E-state index in [0.29, 0.717) is 0 Å². The van der Waals surface area contributed by atoms with Crippen molar-refractivity contribution in [2.24, 2.45) is 4.99 Å². The summed E-state index contributed by atoms with van der Waals surface area (Å²) in [5, 5.41) is 13.2. The van der Waals surface area contributed by atoms with Gasteiger partial charge in [0.1, 0.15) is 0 Å². The Hall–Kier alpha value is -2.57. The average Bonchev–Trinajstić information content (AvgIpc) is 2.82. The van der Waals surface area contributed by atoms with Gasteiger partial charge in [0.05, 0.1) is 6.10 Å². The molecule has 0 atom stereocenters. The molecule has 0 aromatic heterocycles. The number of aryl methyl sites for hydroxylation is 1. The van der Waals surface area contributed by atoms with Crippen LogP contribution in [0.15, 0.2) is 53.5 Å². The van der Waals surface area contributed by atoms with Crippen molar-refractivity contribution in [3.63, 3.8) is 0 Å². The van der Waals surface area contributed by atoms with Crippen molar-refractivity contribution in [1.82, 2.24) is 15.1 Å². The van der Waals surface area contributed by atoms with Gasteiger partial charge in [-0.1, -0.05) is 36.4 Å². The number of nitrogens with zero attached hydrogens (tertiary/aromatic N) is 4. The van der Waals surface area contributed by atoms with Crippen LogP contribution in [0, 0.1) is 6.92 Å². The topological polar surface area (TPSA) is 54.3 Å². The maximum absolute atomic E-state index is 9.67. The number of aliphatic hydroxyl groups excluding tert-OH is 1. The molecule has 0 spiro atoms. The van der Waals surface area contributed by atoms with Crippen LogP contribution >= 0.6 is 0 Å². The average molecular weight is 436 g/mol. The Kier molecular flexibility index (Phi) is 7.66. The highest BCUT2D eigenvalue weighted by Crippen LogP contribution is 2.18.